The van der Waals surface area contributed by atoms with Crippen LogP contribution in [0.2, 0.25) is 0 Å². The zero-order valence-corrected chi connectivity index (χ0v) is 11.3. The van der Waals surface area contributed by atoms with Gasteiger partial charge in [-0.15, -0.1) is 10.2 Å². The summed E-state index contributed by atoms with van der Waals surface area (Å²) >= 11 is 3.06. The second-order valence-electron chi connectivity index (χ2n) is 3.20. The molecule has 90 valence electrons. The van der Waals surface area contributed by atoms with Crippen molar-refractivity contribution in [1.29, 1.82) is 0 Å². The Morgan fingerprint density at radius 2 is 2.24 bits per heavy atom. The van der Waals surface area contributed by atoms with Gasteiger partial charge in [-0.05, 0) is 25.1 Å². The molecule has 0 spiro atoms. The van der Waals surface area contributed by atoms with Gasteiger partial charge in [0.2, 0.25) is 0 Å². The largest absolute Gasteiger partial charge is 0.370 e. The second kappa shape index (κ2) is 5.92. The van der Waals surface area contributed by atoms with Gasteiger partial charge in [-0.25, -0.2) is 9.97 Å². The quantitative estimate of drug-likeness (QED) is 0.840. The first-order valence-corrected chi connectivity index (χ1v) is 7.06. The highest BCUT2D eigenvalue weighted by atomic mass is 32.2. The molecule has 0 saturated heterocycles. The molecule has 2 aromatic rings. The van der Waals surface area contributed by atoms with Crippen LogP contribution in [0.1, 0.15) is 19.4 Å². The first-order valence-electron chi connectivity index (χ1n) is 5.36. The number of hydrogen-bond donors (Lipinski definition) is 1. The minimum absolute atomic E-state index is 0.854. The topological polar surface area (TPSA) is 63.6 Å². The van der Waals surface area contributed by atoms with Gasteiger partial charge in [0.1, 0.15) is 22.7 Å². The summed E-state index contributed by atoms with van der Waals surface area (Å²) in [6, 6.07) is 0. The second-order valence-corrected chi connectivity index (χ2v) is 5.27. The van der Waals surface area contributed by atoms with Gasteiger partial charge in [0.25, 0.3) is 0 Å². The maximum Gasteiger partial charge on any atom is 0.180 e. The van der Waals surface area contributed by atoms with Crippen LogP contribution >= 0.6 is 23.1 Å². The van der Waals surface area contributed by atoms with Crippen LogP contribution in [0.5, 0.6) is 0 Å². The smallest absolute Gasteiger partial charge is 0.180 e. The number of aromatic nitrogens is 4. The zero-order chi connectivity index (χ0) is 12.1. The van der Waals surface area contributed by atoms with E-state index < -0.39 is 0 Å². The number of nitrogens with zero attached hydrogens (tertiary/aromatic N) is 4. The number of anilines is 1. The van der Waals surface area contributed by atoms with Gasteiger partial charge in [0.05, 0.1) is 0 Å². The highest BCUT2D eigenvalue weighted by Gasteiger charge is 2.11. The molecule has 2 rings (SSSR count). The van der Waals surface area contributed by atoms with E-state index >= 15 is 0 Å². The van der Waals surface area contributed by atoms with E-state index in [0.29, 0.717) is 0 Å². The van der Waals surface area contributed by atoms with Crippen LogP contribution < -0.4 is 5.32 Å². The summed E-state index contributed by atoms with van der Waals surface area (Å²) < 4.78 is 0.904. The summed E-state index contributed by atoms with van der Waals surface area (Å²) in [5.41, 5.74) is 2.86. The standard InChI is InChI=1S/C10H13N5S2/c1-3-7-8(11-4-2)12-5-13-9(7)17-10-15-14-6-16-10/h5-6H,3-4H2,1-2H3,(H,11,12,13). The van der Waals surface area contributed by atoms with E-state index in [1.54, 1.807) is 11.8 Å². The van der Waals surface area contributed by atoms with Crippen molar-refractivity contribution in [2.75, 3.05) is 11.9 Å². The van der Waals surface area contributed by atoms with Crippen molar-refractivity contribution < 1.29 is 0 Å². The molecule has 1 N–H and O–H groups in total. The summed E-state index contributed by atoms with van der Waals surface area (Å²) in [5, 5.41) is 12.0. The molecular weight excluding hydrogens is 254 g/mol. The summed E-state index contributed by atoms with van der Waals surface area (Å²) in [4.78, 5) is 8.58. The lowest BCUT2D eigenvalue weighted by atomic mass is 10.2. The summed E-state index contributed by atoms with van der Waals surface area (Å²) in [5.74, 6) is 0.914. The van der Waals surface area contributed by atoms with E-state index in [2.05, 4.69) is 39.3 Å². The molecule has 0 aliphatic carbocycles. The van der Waals surface area contributed by atoms with Crippen LogP contribution in [0.25, 0.3) is 0 Å². The van der Waals surface area contributed by atoms with Gasteiger partial charge in [0.15, 0.2) is 4.34 Å². The van der Waals surface area contributed by atoms with Crippen LogP contribution in [-0.2, 0) is 6.42 Å². The van der Waals surface area contributed by atoms with Gasteiger partial charge in [-0.1, -0.05) is 18.3 Å². The third-order valence-corrected chi connectivity index (χ3v) is 3.95. The van der Waals surface area contributed by atoms with Crippen LogP contribution in [0, 0.1) is 0 Å². The van der Waals surface area contributed by atoms with Crippen LogP contribution in [0.15, 0.2) is 21.2 Å². The molecule has 2 heterocycles. The molecule has 0 radical (unpaired) electrons. The maximum atomic E-state index is 4.32. The molecule has 2 aromatic heterocycles. The minimum Gasteiger partial charge on any atom is -0.370 e. The molecule has 0 atom stereocenters. The summed E-state index contributed by atoms with van der Waals surface area (Å²) in [6.45, 7) is 5.01. The summed E-state index contributed by atoms with van der Waals surface area (Å²) in [6.07, 6.45) is 2.48. The maximum absolute atomic E-state index is 4.32. The Bertz CT molecular complexity index is 472. The molecule has 0 amide bonds. The molecule has 0 aromatic carbocycles. The van der Waals surface area contributed by atoms with Gasteiger partial charge in [-0.3, -0.25) is 0 Å². The highest BCUT2D eigenvalue weighted by molar-refractivity contribution is 8.01. The molecule has 7 heteroatoms. The molecule has 0 unspecified atom stereocenters. The molecule has 17 heavy (non-hydrogen) atoms. The molecular formula is C10H13N5S2. The van der Waals surface area contributed by atoms with Gasteiger partial charge in [-0.2, -0.15) is 0 Å². The number of rotatable bonds is 5. The Hall–Kier alpha value is -1.21. The predicted octanol–water partition coefficient (Wildman–Crippen LogP) is 2.47. The Balaban J connectivity index is 2.29. The van der Waals surface area contributed by atoms with Crippen molar-refractivity contribution in [3.8, 4) is 0 Å². The fourth-order valence-electron chi connectivity index (χ4n) is 1.41. The highest BCUT2D eigenvalue weighted by Crippen LogP contribution is 2.31. The van der Waals surface area contributed by atoms with Crippen LogP contribution in [-0.4, -0.2) is 26.7 Å². The third kappa shape index (κ3) is 2.92. The van der Waals surface area contributed by atoms with Crippen molar-refractivity contribution in [1.82, 2.24) is 20.2 Å². The molecule has 0 fully saturated rings. The van der Waals surface area contributed by atoms with E-state index in [9.17, 15) is 0 Å². The van der Waals surface area contributed by atoms with E-state index in [1.807, 2.05) is 0 Å². The Morgan fingerprint density at radius 3 is 2.88 bits per heavy atom. The normalized spacial score (nSPS) is 10.5. The minimum atomic E-state index is 0.854. The number of nitrogens with one attached hydrogen (secondary N) is 1. The Kier molecular flexibility index (Phi) is 4.27. The molecule has 0 aliphatic heterocycles. The Labute approximate surface area is 108 Å². The van der Waals surface area contributed by atoms with Gasteiger partial charge < -0.3 is 5.32 Å². The Morgan fingerprint density at radius 1 is 1.35 bits per heavy atom. The lowest BCUT2D eigenvalue weighted by Crippen LogP contribution is -2.05. The average molecular weight is 267 g/mol. The van der Waals surface area contributed by atoms with E-state index in [0.717, 1.165) is 33.7 Å². The fraction of sp³-hybridized carbons (Fsp3) is 0.400. The van der Waals surface area contributed by atoms with E-state index in [1.165, 1.54) is 23.1 Å². The lowest BCUT2D eigenvalue weighted by molar-refractivity contribution is 0.933. The van der Waals surface area contributed by atoms with E-state index in [-0.39, 0.29) is 0 Å². The van der Waals surface area contributed by atoms with Gasteiger partial charge >= 0.3 is 0 Å². The molecule has 0 bridgehead atoms. The van der Waals surface area contributed by atoms with Crippen molar-refractivity contribution in [3.05, 3.63) is 17.4 Å². The SMILES string of the molecule is CCNc1ncnc(Sc2nncs2)c1CC. The van der Waals surface area contributed by atoms with Crippen LogP contribution in [0.3, 0.4) is 0 Å². The zero-order valence-electron chi connectivity index (χ0n) is 9.67. The number of hydrogen-bond acceptors (Lipinski definition) is 7. The fourth-order valence-corrected chi connectivity index (χ4v) is 2.97. The van der Waals surface area contributed by atoms with Crippen LogP contribution in [0.4, 0.5) is 5.82 Å². The monoisotopic (exact) mass is 267 g/mol. The first kappa shape index (κ1) is 12.3. The molecule has 0 saturated carbocycles. The molecule has 5 nitrogen and oxygen atoms in total. The van der Waals surface area contributed by atoms with E-state index in [4.69, 9.17) is 0 Å². The summed E-state index contributed by atoms with van der Waals surface area (Å²) in [7, 11) is 0. The van der Waals surface area contributed by atoms with Crippen molar-refractivity contribution >= 4 is 28.9 Å². The van der Waals surface area contributed by atoms with Crippen molar-refractivity contribution in [2.45, 2.75) is 29.6 Å². The van der Waals surface area contributed by atoms with Gasteiger partial charge in [0, 0.05) is 12.1 Å². The van der Waals surface area contributed by atoms with Crippen molar-refractivity contribution in [3.63, 3.8) is 0 Å². The van der Waals surface area contributed by atoms with Crippen molar-refractivity contribution in [2.24, 2.45) is 0 Å². The predicted molar refractivity (Wildman–Crippen MR) is 69.6 cm³/mol. The lowest BCUT2D eigenvalue weighted by Gasteiger charge is -2.10. The third-order valence-electron chi connectivity index (χ3n) is 2.13. The first-order chi connectivity index (χ1) is 8.35. The average Bonchev–Trinajstić information content (AvgIpc) is 2.83. The molecule has 0 aliphatic rings.